The standard InChI is InChI=1S/C50H98ClNO9/c1-2-3-4-5-6-7-8-22-25-28-31-34-37-43(54)46(56)42(41-60-50-49(59)48(58)47(57)44(40-53)61-50)52-45(55)38-35-32-29-26-23-20-18-16-14-12-10-9-11-13-15-17-19-21-24-27-30-33-36-39-51/h42-44,46-50,53-54,56-59H,2-41H2,1H3,(H,52,55)/t42-,43+,44+,46-,47-,48-,49+,50-/m0/s1. The molecule has 1 fully saturated rings. The van der Waals surface area contributed by atoms with Gasteiger partial charge in [-0.3, -0.25) is 4.79 Å². The Morgan fingerprint density at radius 3 is 1.33 bits per heavy atom. The van der Waals surface area contributed by atoms with E-state index in [4.69, 9.17) is 21.1 Å². The third-order valence-electron chi connectivity index (χ3n) is 12.8. The maximum Gasteiger partial charge on any atom is 0.220 e. The van der Waals surface area contributed by atoms with Gasteiger partial charge in [-0.15, -0.1) is 11.6 Å². The summed E-state index contributed by atoms with van der Waals surface area (Å²) in [7, 11) is 0. The molecule has 10 nitrogen and oxygen atoms in total. The number of carbonyl (C=O) groups excluding carboxylic acids is 1. The van der Waals surface area contributed by atoms with Crippen molar-refractivity contribution >= 4 is 17.5 Å². The maximum atomic E-state index is 13.0. The number of rotatable bonds is 45. The summed E-state index contributed by atoms with van der Waals surface area (Å²) in [5.74, 6) is 0.555. The van der Waals surface area contributed by atoms with Gasteiger partial charge >= 0.3 is 0 Å². The summed E-state index contributed by atoms with van der Waals surface area (Å²) >= 11 is 5.74. The van der Waals surface area contributed by atoms with Crippen LogP contribution in [-0.2, 0) is 14.3 Å². The zero-order valence-corrected chi connectivity index (χ0v) is 39.9. The summed E-state index contributed by atoms with van der Waals surface area (Å²) < 4.78 is 11.2. The second kappa shape index (κ2) is 42.1. The van der Waals surface area contributed by atoms with Crippen LogP contribution in [0, 0.1) is 0 Å². The molecule has 1 amide bonds. The van der Waals surface area contributed by atoms with Crippen molar-refractivity contribution in [2.24, 2.45) is 0 Å². The Morgan fingerprint density at radius 1 is 0.557 bits per heavy atom. The quantitative estimate of drug-likeness (QED) is 0.0232. The number of nitrogens with one attached hydrogen (secondary N) is 1. The summed E-state index contributed by atoms with van der Waals surface area (Å²) in [4.78, 5) is 13.0. The molecule has 0 radical (unpaired) electrons. The first kappa shape index (κ1) is 58.5. The van der Waals surface area contributed by atoms with Crippen molar-refractivity contribution < 1.29 is 44.9 Å². The zero-order chi connectivity index (χ0) is 44.6. The molecule has 0 bridgehead atoms. The fourth-order valence-corrected chi connectivity index (χ4v) is 8.82. The number of alkyl halides is 1. The molecule has 1 rings (SSSR count). The predicted octanol–water partition coefficient (Wildman–Crippen LogP) is 10.7. The highest BCUT2D eigenvalue weighted by Gasteiger charge is 2.44. The van der Waals surface area contributed by atoms with Crippen LogP contribution in [0.1, 0.15) is 244 Å². The van der Waals surface area contributed by atoms with Gasteiger partial charge in [-0.2, -0.15) is 0 Å². The minimum absolute atomic E-state index is 0.255. The number of aliphatic hydroxyl groups is 6. The molecule has 11 heteroatoms. The topological polar surface area (TPSA) is 169 Å². The van der Waals surface area contributed by atoms with Crippen molar-refractivity contribution in [1.29, 1.82) is 0 Å². The lowest BCUT2D eigenvalue weighted by molar-refractivity contribution is -0.303. The lowest BCUT2D eigenvalue weighted by atomic mass is 9.98. The van der Waals surface area contributed by atoms with Crippen LogP contribution >= 0.6 is 11.6 Å². The summed E-state index contributed by atoms with van der Waals surface area (Å²) in [6.45, 7) is 1.34. The van der Waals surface area contributed by atoms with Crippen LogP contribution in [0.15, 0.2) is 0 Å². The van der Waals surface area contributed by atoms with E-state index in [1.54, 1.807) is 0 Å². The third kappa shape index (κ3) is 31.9. The molecular weight excluding hydrogens is 794 g/mol. The normalized spacial score (nSPS) is 20.8. The molecule has 1 aliphatic rings. The van der Waals surface area contributed by atoms with Gasteiger partial charge in [0.1, 0.15) is 30.5 Å². The molecule has 0 spiro atoms. The number of hydrogen-bond donors (Lipinski definition) is 7. The molecule has 8 atom stereocenters. The monoisotopic (exact) mass is 892 g/mol. The second-order valence-corrected chi connectivity index (χ2v) is 18.9. The van der Waals surface area contributed by atoms with Gasteiger partial charge < -0.3 is 45.4 Å². The van der Waals surface area contributed by atoms with Gasteiger partial charge in [-0.05, 0) is 19.3 Å². The molecule has 61 heavy (non-hydrogen) atoms. The van der Waals surface area contributed by atoms with Crippen molar-refractivity contribution in [3.8, 4) is 0 Å². The molecule has 1 heterocycles. The van der Waals surface area contributed by atoms with E-state index < -0.39 is 55.6 Å². The van der Waals surface area contributed by atoms with Gasteiger partial charge in [0.25, 0.3) is 0 Å². The van der Waals surface area contributed by atoms with Gasteiger partial charge in [0.2, 0.25) is 5.91 Å². The first-order valence-corrected chi connectivity index (χ1v) is 26.4. The second-order valence-electron chi connectivity index (χ2n) is 18.5. The van der Waals surface area contributed by atoms with Crippen molar-refractivity contribution in [2.45, 2.75) is 293 Å². The Morgan fingerprint density at radius 2 is 0.934 bits per heavy atom. The highest BCUT2D eigenvalue weighted by atomic mass is 35.5. The number of aliphatic hydroxyl groups excluding tert-OH is 6. The largest absolute Gasteiger partial charge is 0.394 e. The molecule has 1 saturated heterocycles. The molecule has 0 saturated carbocycles. The first-order chi connectivity index (χ1) is 29.8. The number of unbranched alkanes of at least 4 members (excludes halogenated alkanes) is 33. The third-order valence-corrected chi connectivity index (χ3v) is 13.1. The minimum atomic E-state index is -1.60. The summed E-state index contributed by atoms with van der Waals surface area (Å²) in [5, 5.41) is 65.3. The van der Waals surface area contributed by atoms with Gasteiger partial charge in [0.15, 0.2) is 6.29 Å². The minimum Gasteiger partial charge on any atom is -0.394 e. The van der Waals surface area contributed by atoms with E-state index in [0.717, 1.165) is 57.2 Å². The van der Waals surface area contributed by atoms with E-state index in [9.17, 15) is 35.4 Å². The molecule has 1 aliphatic heterocycles. The van der Waals surface area contributed by atoms with Crippen LogP contribution in [0.25, 0.3) is 0 Å². The van der Waals surface area contributed by atoms with Crippen molar-refractivity contribution in [2.75, 3.05) is 19.1 Å². The Labute approximate surface area is 379 Å². The fraction of sp³-hybridized carbons (Fsp3) is 0.980. The van der Waals surface area contributed by atoms with E-state index in [1.807, 2.05) is 0 Å². The maximum absolute atomic E-state index is 13.0. The van der Waals surface area contributed by atoms with Crippen molar-refractivity contribution in [1.82, 2.24) is 5.32 Å². The summed E-state index contributed by atoms with van der Waals surface area (Å²) in [5.41, 5.74) is 0. The van der Waals surface area contributed by atoms with Crippen LogP contribution in [0.2, 0.25) is 0 Å². The summed E-state index contributed by atoms with van der Waals surface area (Å²) in [6.07, 6.45) is 34.8. The number of carbonyl (C=O) groups is 1. The van der Waals surface area contributed by atoms with Crippen molar-refractivity contribution in [3.05, 3.63) is 0 Å². The van der Waals surface area contributed by atoms with E-state index in [2.05, 4.69) is 12.2 Å². The molecule has 0 aromatic rings. The number of halogens is 1. The Kier molecular flexibility index (Phi) is 40.3. The zero-order valence-electron chi connectivity index (χ0n) is 39.2. The molecular formula is C50H98ClNO9. The predicted molar refractivity (Wildman–Crippen MR) is 251 cm³/mol. The van der Waals surface area contributed by atoms with E-state index in [0.29, 0.717) is 6.42 Å². The molecule has 7 N–H and O–H groups in total. The van der Waals surface area contributed by atoms with Crippen molar-refractivity contribution in [3.63, 3.8) is 0 Å². The number of ether oxygens (including phenoxy) is 2. The highest BCUT2D eigenvalue weighted by Crippen LogP contribution is 2.23. The highest BCUT2D eigenvalue weighted by molar-refractivity contribution is 6.17. The number of hydrogen-bond acceptors (Lipinski definition) is 9. The van der Waals surface area contributed by atoms with Crippen LogP contribution in [0.3, 0.4) is 0 Å². The molecule has 0 unspecified atom stereocenters. The molecule has 0 aromatic heterocycles. The Hall–Kier alpha value is -0.560. The lowest BCUT2D eigenvalue weighted by Crippen LogP contribution is -2.60. The van der Waals surface area contributed by atoms with Gasteiger partial charge in [-0.1, -0.05) is 219 Å². The SMILES string of the molecule is CCCCCCCCCCCCCC[C@@H](O)[C@@H](O)[C@H](CO[C@H]1O[C@H](CO)[C@H](O)[C@H](O)[C@H]1O)NC(=O)CCCCCCCCCCCCCCCCCCCCCCCCCCl. The average molecular weight is 893 g/mol. The Bertz CT molecular complexity index is 949. The van der Waals surface area contributed by atoms with Crippen LogP contribution < -0.4 is 5.32 Å². The molecule has 364 valence electrons. The van der Waals surface area contributed by atoms with E-state index in [1.165, 1.54) is 173 Å². The first-order valence-electron chi connectivity index (χ1n) is 25.9. The van der Waals surface area contributed by atoms with Crippen LogP contribution in [-0.4, -0.2) is 105 Å². The lowest BCUT2D eigenvalue weighted by Gasteiger charge is -2.40. The van der Waals surface area contributed by atoms with Crippen LogP contribution in [0.5, 0.6) is 0 Å². The molecule has 0 aromatic carbocycles. The molecule has 0 aliphatic carbocycles. The Balaban J connectivity index is 2.24. The van der Waals surface area contributed by atoms with E-state index in [-0.39, 0.29) is 18.9 Å². The fourth-order valence-electron chi connectivity index (χ4n) is 8.63. The summed E-state index contributed by atoms with van der Waals surface area (Å²) in [6, 6.07) is -0.987. The average Bonchev–Trinajstić information content (AvgIpc) is 3.26. The van der Waals surface area contributed by atoms with Crippen LogP contribution in [0.4, 0.5) is 0 Å². The van der Waals surface area contributed by atoms with E-state index >= 15 is 0 Å². The van der Waals surface area contributed by atoms with Gasteiger partial charge in [-0.25, -0.2) is 0 Å². The number of amides is 1. The van der Waals surface area contributed by atoms with Gasteiger partial charge in [0.05, 0.1) is 25.4 Å². The smallest absolute Gasteiger partial charge is 0.220 e. The van der Waals surface area contributed by atoms with Gasteiger partial charge in [0, 0.05) is 12.3 Å².